The second kappa shape index (κ2) is 6.75. The molecule has 3 aromatic rings. The van der Waals surface area contributed by atoms with Crippen molar-refractivity contribution in [1.82, 2.24) is 25.1 Å². The van der Waals surface area contributed by atoms with E-state index < -0.39 is 0 Å². The average Bonchev–Trinajstić information content (AvgIpc) is 2.93. The molecule has 0 aliphatic carbocycles. The molecule has 0 amide bonds. The van der Waals surface area contributed by atoms with Crippen molar-refractivity contribution < 1.29 is 0 Å². The van der Waals surface area contributed by atoms with E-state index in [0.29, 0.717) is 0 Å². The number of piperazine rings is 1. The first-order valence-electron chi connectivity index (χ1n) is 7.98. The maximum absolute atomic E-state index is 4.90. The van der Waals surface area contributed by atoms with E-state index in [2.05, 4.69) is 28.3 Å². The number of hydrogen-bond acceptors (Lipinski definition) is 5. The highest BCUT2D eigenvalue weighted by Crippen LogP contribution is 2.25. The van der Waals surface area contributed by atoms with Gasteiger partial charge >= 0.3 is 0 Å². The summed E-state index contributed by atoms with van der Waals surface area (Å²) in [6, 6.07) is 10.1. The molecule has 1 aliphatic rings. The van der Waals surface area contributed by atoms with Gasteiger partial charge in [-0.2, -0.15) is 5.10 Å². The standard InChI is InChI=1S/C17H20N6.ClH/c1-12-11-13(2)23(21-12)17-16(22-9-7-18-8-10-22)19-14-5-3-4-6-15(14)20-17;/h3-6,11,18H,7-10H2,1-2H3;1H. The van der Waals surface area contributed by atoms with Crippen molar-refractivity contribution in [3.63, 3.8) is 0 Å². The fourth-order valence-corrected chi connectivity index (χ4v) is 3.06. The molecule has 3 heterocycles. The first-order valence-corrected chi connectivity index (χ1v) is 7.98. The number of para-hydroxylation sites is 2. The number of nitrogens with zero attached hydrogens (tertiary/aromatic N) is 5. The first-order chi connectivity index (χ1) is 11.2. The van der Waals surface area contributed by atoms with E-state index in [1.54, 1.807) is 0 Å². The SMILES string of the molecule is Cc1cc(C)n(-c2nc3ccccc3nc2N2CCNCC2)n1.Cl. The number of hydrogen-bond donors (Lipinski definition) is 1. The van der Waals surface area contributed by atoms with E-state index in [0.717, 1.165) is 60.2 Å². The van der Waals surface area contributed by atoms with Crippen LogP contribution in [0.4, 0.5) is 5.82 Å². The quantitative estimate of drug-likeness (QED) is 0.772. The van der Waals surface area contributed by atoms with Gasteiger partial charge in [-0.05, 0) is 32.0 Å². The third-order valence-electron chi connectivity index (χ3n) is 4.16. The smallest absolute Gasteiger partial charge is 0.197 e. The molecule has 1 fully saturated rings. The van der Waals surface area contributed by atoms with Gasteiger partial charge in [0, 0.05) is 31.9 Å². The van der Waals surface area contributed by atoms with Crippen molar-refractivity contribution in [1.29, 1.82) is 0 Å². The van der Waals surface area contributed by atoms with Gasteiger partial charge in [0.2, 0.25) is 0 Å². The lowest BCUT2D eigenvalue weighted by atomic mass is 10.3. The molecule has 6 nitrogen and oxygen atoms in total. The molecule has 0 saturated carbocycles. The molecular weight excluding hydrogens is 324 g/mol. The van der Waals surface area contributed by atoms with Crippen LogP contribution in [-0.2, 0) is 0 Å². The van der Waals surface area contributed by atoms with E-state index in [4.69, 9.17) is 9.97 Å². The van der Waals surface area contributed by atoms with Gasteiger partial charge in [-0.1, -0.05) is 12.1 Å². The van der Waals surface area contributed by atoms with Crippen LogP contribution in [0.15, 0.2) is 30.3 Å². The molecule has 0 spiro atoms. The first kappa shape index (κ1) is 16.7. The van der Waals surface area contributed by atoms with E-state index in [1.807, 2.05) is 35.9 Å². The van der Waals surface area contributed by atoms with E-state index in [9.17, 15) is 0 Å². The molecule has 0 bridgehead atoms. The van der Waals surface area contributed by atoms with Gasteiger partial charge in [-0.25, -0.2) is 14.6 Å². The Kier molecular flexibility index (Phi) is 4.69. The fourth-order valence-electron chi connectivity index (χ4n) is 3.06. The molecule has 1 aliphatic heterocycles. The number of nitrogens with one attached hydrogen (secondary N) is 1. The molecule has 0 radical (unpaired) electrons. The van der Waals surface area contributed by atoms with E-state index >= 15 is 0 Å². The maximum atomic E-state index is 4.90. The Hall–Kier alpha value is -2.18. The summed E-state index contributed by atoms with van der Waals surface area (Å²) in [4.78, 5) is 12.1. The molecule has 1 aromatic carbocycles. The van der Waals surface area contributed by atoms with Gasteiger partial charge in [0.05, 0.1) is 16.7 Å². The molecular formula is C17H21ClN6. The molecule has 0 unspecified atom stereocenters. The Morgan fingerprint density at radius 1 is 0.958 bits per heavy atom. The minimum absolute atomic E-state index is 0. The predicted octanol–water partition coefficient (Wildman–Crippen LogP) is 2.26. The van der Waals surface area contributed by atoms with Gasteiger partial charge in [-0.3, -0.25) is 0 Å². The normalized spacial score (nSPS) is 14.7. The highest BCUT2D eigenvalue weighted by molar-refractivity contribution is 5.85. The highest BCUT2D eigenvalue weighted by Gasteiger charge is 2.20. The Labute approximate surface area is 147 Å². The summed E-state index contributed by atoms with van der Waals surface area (Å²) in [5.41, 5.74) is 3.88. The van der Waals surface area contributed by atoms with Crippen molar-refractivity contribution in [3.05, 3.63) is 41.7 Å². The van der Waals surface area contributed by atoms with Crippen LogP contribution < -0.4 is 10.2 Å². The number of rotatable bonds is 2. The number of aryl methyl sites for hydroxylation is 2. The summed E-state index contributed by atoms with van der Waals surface area (Å²) < 4.78 is 1.91. The second-order valence-electron chi connectivity index (χ2n) is 5.94. The van der Waals surface area contributed by atoms with Gasteiger partial charge in [0.15, 0.2) is 11.6 Å². The molecule has 126 valence electrons. The van der Waals surface area contributed by atoms with E-state index in [1.165, 1.54) is 0 Å². The average molecular weight is 345 g/mol. The van der Waals surface area contributed by atoms with Crippen LogP contribution in [0.3, 0.4) is 0 Å². The summed E-state index contributed by atoms with van der Waals surface area (Å²) in [6.45, 7) is 7.84. The molecule has 7 heteroatoms. The zero-order chi connectivity index (χ0) is 15.8. The van der Waals surface area contributed by atoms with Gasteiger partial charge < -0.3 is 10.2 Å². The van der Waals surface area contributed by atoms with Crippen molar-refractivity contribution in [2.45, 2.75) is 13.8 Å². The topological polar surface area (TPSA) is 58.9 Å². The summed E-state index contributed by atoms with van der Waals surface area (Å²) >= 11 is 0. The number of aromatic nitrogens is 4. The lowest BCUT2D eigenvalue weighted by Gasteiger charge is -2.29. The number of benzene rings is 1. The Morgan fingerprint density at radius 3 is 2.17 bits per heavy atom. The molecule has 1 saturated heterocycles. The van der Waals surface area contributed by atoms with Gasteiger partial charge in [0.1, 0.15) is 0 Å². The van der Waals surface area contributed by atoms with Gasteiger partial charge in [-0.15, -0.1) is 12.4 Å². The minimum Gasteiger partial charge on any atom is -0.351 e. The van der Waals surface area contributed by atoms with Crippen LogP contribution in [0.5, 0.6) is 0 Å². The maximum Gasteiger partial charge on any atom is 0.197 e. The summed E-state index contributed by atoms with van der Waals surface area (Å²) in [5, 5.41) is 8.00. The minimum atomic E-state index is 0. The van der Waals surface area contributed by atoms with Crippen LogP contribution in [0.25, 0.3) is 16.9 Å². The van der Waals surface area contributed by atoms with Crippen molar-refractivity contribution in [2.24, 2.45) is 0 Å². The predicted molar refractivity (Wildman–Crippen MR) is 98.5 cm³/mol. The Balaban J connectivity index is 0.00000169. The van der Waals surface area contributed by atoms with Crippen LogP contribution in [0, 0.1) is 13.8 Å². The van der Waals surface area contributed by atoms with Crippen molar-refractivity contribution >= 4 is 29.3 Å². The number of anilines is 1. The van der Waals surface area contributed by atoms with Crippen LogP contribution >= 0.6 is 12.4 Å². The molecule has 4 rings (SSSR count). The molecule has 24 heavy (non-hydrogen) atoms. The van der Waals surface area contributed by atoms with Crippen molar-refractivity contribution in [2.75, 3.05) is 31.1 Å². The second-order valence-corrected chi connectivity index (χ2v) is 5.94. The largest absolute Gasteiger partial charge is 0.351 e. The van der Waals surface area contributed by atoms with Crippen LogP contribution in [0.2, 0.25) is 0 Å². The van der Waals surface area contributed by atoms with Gasteiger partial charge in [0.25, 0.3) is 0 Å². The fraction of sp³-hybridized carbons (Fsp3) is 0.353. The highest BCUT2D eigenvalue weighted by atomic mass is 35.5. The molecule has 2 aromatic heterocycles. The Bertz CT molecular complexity index is 853. The molecule has 0 atom stereocenters. The van der Waals surface area contributed by atoms with Crippen LogP contribution in [0.1, 0.15) is 11.4 Å². The van der Waals surface area contributed by atoms with Crippen LogP contribution in [-0.4, -0.2) is 45.9 Å². The summed E-state index contributed by atoms with van der Waals surface area (Å²) in [6.07, 6.45) is 0. The number of fused-ring (bicyclic) bond motifs is 1. The zero-order valence-corrected chi connectivity index (χ0v) is 14.7. The zero-order valence-electron chi connectivity index (χ0n) is 13.9. The van der Waals surface area contributed by atoms with E-state index in [-0.39, 0.29) is 12.4 Å². The lowest BCUT2D eigenvalue weighted by Crippen LogP contribution is -2.44. The Morgan fingerprint density at radius 2 is 1.58 bits per heavy atom. The van der Waals surface area contributed by atoms with Crippen molar-refractivity contribution in [3.8, 4) is 5.82 Å². The summed E-state index contributed by atoms with van der Waals surface area (Å²) in [7, 11) is 0. The third kappa shape index (κ3) is 2.95. The lowest BCUT2D eigenvalue weighted by molar-refractivity contribution is 0.582. The summed E-state index contributed by atoms with van der Waals surface area (Å²) in [5.74, 6) is 1.73. The third-order valence-corrected chi connectivity index (χ3v) is 4.16. The monoisotopic (exact) mass is 344 g/mol. The molecule has 1 N–H and O–H groups in total. The number of halogens is 1.